The molecule has 2 heterocycles. The SMILES string of the molecule is CCCCOc1ccc(-c2nn(-c3ccccc3)cc2/C=C2\SC(=S)N(C(C)C)C2=O)cc1. The molecule has 0 spiro atoms. The lowest BCUT2D eigenvalue weighted by Crippen LogP contribution is -2.34. The van der Waals surface area contributed by atoms with Crippen LogP contribution < -0.4 is 4.74 Å². The van der Waals surface area contributed by atoms with Gasteiger partial charge in [-0.3, -0.25) is 9.69 Å². The highest BCUT2D eigenvalue weighted by Gasteiger charge is 2.34. The third-order valence-corrected chi connectivity index (χ3v) is 6.61. The number of aromatic nitrogens is 2. The molecule has 7 heteroatoms. The molecule has 0 bridgehead atoms. The van der Waals surface area contributed by atoms with Crippen molar-refractivity contribution in [3.8, 4) is 22.7 Å². The Hall–Kier alpha value is -2.90. The van der Waals surface area contributed by atoms with Crippen molar-refractivity contribution < 1.29 is 9.53 Å². The van der Waals surface area contributed by atoms with E-state index in [1.165, 1.54) is 11.8 Å². The van der Waals surface area contributed by atoms with Gasteiger partial charge < -0.3 is 4.74 Å². The van der Waals surface area contributed by atoms with E-state index in [-0.39, 0.29) is 11.9 Å². The van der Waals surface area contributed by atoms with Crippen LogP contribution in [0.4, 0.5) is 0 Å². The van der Waals surface area contributed by atoms with Crippen LogP contribution in [0.15, 0.2) is 65.7 Å². The van der Waals surface area contributed by atoms with E-state index in [1.54, 1.807) is 4.90 Å². The summed E-state index contributed by atoms with van der Waals surface area (Å²) in [5.41, 5.74) is 3.57. The highest BCUT2D eigenvalue weighted by atomic mass is 32.2. The number of hydrogen-bond donors (Lipinski definition) is 0. The number of rotatable bonds is 8. The van der Waals surface area contributed by atoms with Crippen LogP contribution in [0.5, 0.6) is 5.75 Å². The normalized spacial score (nSPS) is 15.2. The molecule has 0 atom stereocenters. The van der Waals surface area contributed by atoms with Gasteiger partial charge in [-0.25, -0.2) is 4.68 Å². The van der Waals surface area contributed by atoms with Crippen molar-refractivity contribution in [3.63, 3.8) is 0 Å². The minimum atomic E-state index is -0.0573. The first kappa shape index (κ1) is 23.3. The second-order valence-corrected chi connectivity index (χ2v) is 9.76. The number of hydrogen-bond acceptors (Lipinski definition) is 5. The molecule has 3 aromatic rings. The fourth-order valence-electron chi connectivity index (χ4n) is 3.54. The second kappa shape index (κ2) is 10.4. The van der Waals surface area contributed by atoms with Crippen LogP contribution in [0.25, 0.3) is 23.0 Å². The smallest absolute Gasteiger partial charge is 0.266 e. The number of nitrogens with zero attached hydrogens (tertiary/aromatic N) is 3. The standard InChI is InChI=1S/C26H27N3O2S2/c1-4-5-15-31-22-13-11-19(12-14-22)24-20(17-28(27-24)21-9-7-6-8-10-21)16-23-25(30)29(18(2)3)26(32)33-23/h6-14,16-18H,4-5,15H2,1-3H3/b23-16-. The zero-order valence-electron chi connectivity index (χ0n) is 19.0. The molecule has 1 fully saturated rings. The first-order valence-corrected chi connectivity index (χ1v) is 12.4. The predicted molar refractivity (Wildman–Crippen MR) is 140 cm³/mol. The lowest BCUT2D eigenvalue weighted by atomic mass is 10.1. The summed E-state index contributed by atoms with van der Waals surface area (Å²) in [4.78, 5) is 15.2. The molecule has 0 unspecified atom stereocenters. The second-order valence-electron chi connectivity index (χ2n) is 8.09. The summed E-state index contributed by atoms with van der Waals surface area (Å²) < 4.78 is 8.24. The Morgan fingerprint density at radius 3 is 2.48 bits per heavy atom. The highest BCUT2D eigenvalue weighted by molar-refractivity contribution is 8.26. The van der Waals surface area contributed by atoms with E-state index in [0.29, 0.717) is 15.8 Å². The van der Waals surface area contributed by atoms with E-state index in [4.69, 9.17) is 22.1 Å². The van der Waals surface area contributed by atoms with Crippen molar-refractivity contribution in [3.05, 3.63) is 71.3 Å². The molecule has 5 nitrogen and oxygen atoms in total. The lowest BCUT2D eigenvalue weighted by molar-refractivity contribution is -0.123. The molecule has 1 aromatic heterocycles. The fourth-order valence-corrected chi connectivity index (χ4v) is 5.05. The summed E-state index contributed by atoms with van der Waals surface area (Å²) in [7, 11) is 0. The number of benzene rings is 2. The number of thioether (sulfide) groups is 1. The number of ether oxygens (including phenoxy) is 1. The molecule has 1 amide bonds. The first-order valence-electron chi connectivity index (χ1n) is 11.1. The Morgan fingerprint density at radius 1 is 1.12 bits per heavy atom. The number of unbranched alkanes of at least 4 members (excludes halogenated alkanes) is 1. The summed E-state index contributed by atoms with van der Waals surface area (Å²) in [5.74, 6) is 0.784. The monoisotopic (exact) mass is 477 g/mol. The largest absolute Gasteiger partial charge is 0.494 e. The minimum Gasteiger partial charge on any atom is -0.494 e. The van der Waals surface area contributed by atoms with Crippen LogP contribution in [0.1, 0.15) is 39.2 Å². The molecule has 170 valence electrons. The number of amides is 1. The summed E-state index contributed by atoms with van der Waals surface area (Å²) in [6.45, 7) is 6.79. The third-order valence-electron chi connectivity index (χ3n) is 5.28. The van der Waals surface area contributed by atoms with Crippen LogP contribution >= 0.6 is 24.0 Å². The Balaban J connectivity index is 1.71. The van der Waals surface area contributed by atoms with E-state index < -0.39 is 0 Å². The lowest BCUT2D eigenvalue weighted by Gasteiger charge is -2.18. The van der Waals surface area contributed by atoms with Gasteiger partial charge in [0.2, 0.25) is 0 Å². The van der Waals surface area contributed by atoms with Crippen molar-refractivity contribution in [2.24, 2.45) is 0 Å². The molecule has 2 aromatic carbocycles. The zero-order valence-corrected chi connectivity index (χ0v) is 20.7. The van der Waals surface area contributed by atoms with Gasteiger partial charge in [0.25, 0.3) is 5.91 Å². The van der Waals surface area contributed by atoms with Crippen molar-refractivity contribution in [2.45, 2.75) is 39.7 Å². The van der Waals surface area contributed by atoms with Crippen molar-refractivity contribution in [1.82, 2.24) is 14.7 Å². The Bertz CT molecular complexity index is 1170. The quantitative estimate of drug-likeness (QED) is 0.216. The van der Waals surface area contributed by atoms with Gasteiger partial charge in [0.1, 0.15) is 10.1 Å². The Labute approximate surface area is 204 Å². The van der Waals surface area contributed by atoms with E-state index in [9.17, 15) is 4.79 Å². The molecular formula is C26H27N3O2S2. The molecule has 1 saturated heterocycles. The number of thiocarbonyl (C=S) groups is 1. The highest BCUT2D eigenvalue weighted by Crippen LogP contribution is 2.36. The van der Waals surface area contributed by atoms with E-state index in [0.717, 1.165) is 41.1 Å². The van der Waals surface area contributed by atoms with Gasteiger partial charge in [-0.2, -0.15) is 5.10 Å². The average Bonchev–Trinajstić information content (AvgIpc) is 3.35. The van der Waals surface area contributed by atoms with Crippen LogP contribution in [0, 0.1) is 0 Å². The fraction of sp³-hybridized carbons (Fsp3) is 0.269. The van der Waals surface area contributed by atoms with E-state index >= 15 is 0 Å². The van der Waals surface area contributed by atoms with Gasteiger partial charge in [-0.05, 0) is 62.7 Å². The van der Waals surface area contributed by atoms with Crippen LogP contribution in [-0.4, -0.2) is 37.6 Å². The van der Waals surface area contributed by atoms with Crippen molar-refractivity contribution in [2.75, 3.05) is 6.61 Å². The van der Waals surface area contributed by atoms with Crippen LogP contribution in [-0.2, 0) is 4.79 Å². The van der Waals surface area contributed by atoms with Crippen LogP contribution in [0.2, 0.25) is 0 Å². The Kier molecular flexibility index (Phi) is 7.30. The van der Waals surface area contributed by atoms with E-state index in [1.807, 2.05) is 85.4 Å². The van der Waals surface area contributed by atoms with Crippen LogP contribution in [0.3, 0.4) is 0 Å². The molecule has 0 aliphatic carbocycles. The van der Waals surface area contributed by atoms with Gasteiger partial charge in [-0.1, -0.05) is 55.5 Å². The molecule has 0 N–H and O–H groups in total. The summed E-state index contributed by atoms with van der Waals surface area (Å²) in [6.07, 6.45) is 5.98. The van der Waals surface area contributed by atoms with Crippen molar-refractivity contribution in [1.29, 1.82) is 0 Å². The maximum Gasteiger partial charge on any atom is 0.266 e. The van der Waals surface area contributed by atoms with Gasteiger partial charge in [-0.15, -0.1) is 0 Å². The maximum absolute atomic E-state index is 13.0. The van der Waals surface area contributed by atoms with Crippen molar-refractivity contribution >= 4 is 40.3 Å². The molecule has 0 radical (unpaired) electrons. The predicted octanol–water partition coefficient (Wildman–Crippen LogP) is 6.33. The average molecular weight is 478 g/mol. The first-order chi connectivity index (χ1) is 16.0. The van der Waals surface area contributed by atoms with Gasteiger partial charge in [0, 0.05) is 23.4 Å². The molecule has 0 saturated carbocycles. The zero-order chi connectivity index (χ0) is 23.4. The summed E-state index contributed by atoms with van der Waals surface area (Å²) in [5, 5.41) is 4.86. The van der Waals surface area contributed by atoms with Gasteiger partial charge in [0.15, 0.2) is 0 Å². The number of carbonyl (C=O) groups is 1. The maximum atomic E-state index is 13.0. The topological polar surface area (TPSA) is 47.4 Å². The van der Waals surface area contributed by atoms with Gasteiger partial charge in [0.05, 0.1) is 22.9 Å². The molecule has 1 aliphatic rings. The molecule has 4 rings (SSSR count). The number of carbonyl (C=O) groups excluding carboxylic acids is 1. The number of para-hydroxylation sites is 1. The van der Waals surface area contributed by atoms with Gasteiger partial charge >= 0.3 is 0 Å². The molecule has 1 aliphatic heterocycles. The minimum absolute atomic E-state index is 0.0233. The molecular weight excluding hydrogens is 450 g/mol. The molecule has 33 heavy (non-hydrogen) atoms. The summed E-state index contributed by atoms with van der Waals surface area (Å²) in [6, 6.07) is 17.9. The summed E-state index contributed by atoms with van der Waals surface area (Å²) >= 11 is 6.78. The van der Waals surface area contributed by atoms with E-state index in [2.05, 4.69) is 6.92 Å². The Morgan fingerprint density at radius 2 is 1.85 bits per heavy atom. The third kappa shape index (κ3) is 5.20.